The van der Waals surface area contributed by atoms with Gasteiger partial charge in [-0.3, -0.25) is 9.97 Å². The molecule has 1 unspecified atom stereocenters. The van der Waals surface area contributed by atoms with Crippen LogP contribution in [0.2, 0.25) is 0 Å². The molecule has 0 bridgehead atoms. The fraction of sp³-hybridized carbons (Fsp3) is 0.556. The Labute approximate surface area is 134 Å². The molecule has 4 heteroatoms. The van der Waals surface area contributed by atoms with E-state index in [4.69, 9.17) is 0 Å². The van der Waals surface area contributed by atoms with Crippen molar-refractivity contribution in [1.29, 1.82) is 0 Å². The molecular weight excluding hydrogens is 272 g/mol. The summed E-state index contributed by atoms with van der Waals surface area (Å²) >= 11 is 0. The highest BCUT2D eigenvalue weighted by Gasteiger charge is 2.17. The molecular formula is C18H28N4. The number of aryl methyl sites for hydroxylation is 2. The molecule has 0 fully saturated rings. The predicted octanol–water partition coefficient (Wildman–Crippen LogP) is 4.38. The summed E-state index contributed by atoms with van der Waals surface area (Å²) in [6.07, 6.45) is 8.13. The lowest BCUT2D eigenvalue weighted by Crippen LogP contribution is -2.15. The second-order valence-electron chi connectivity index (χ2n) is 6.61. The van der Waals surface area contributed by atoms with Gasteiger partial charge >= 0.3 is 0 Å². The zero-order chi connectivity index (χ0) is 16.8. The second kappa shape index (κ2) is 7.97. The van der Waals surface area contributed by atoms with Gasteiger partial charge in [0.15, 0.2) is 0 Å². The monoisotopic (exact) mass is 300 g/mol. The van der Waals surface area contributed by atoms with Crippen LogP contribution in [0.1, 0.15) is 69.6 Å². The van der Waals surface area contributed by atoms with Crippen molar-refractivity contribution in [2.45, 2.75) is 66.2 Å². The number of rotatable bonds is 2. The predicted molar refractivity (Wildman–Crippen MR) is 90.9 cm³/mol. The first-order chi connectivity index (χ1) is 10.3. The maximum absolute atomic E-state index is 4.29. The Morgan fingerprint density at radius 3 is 2.09 bits per heavy atom. The first kappa shape index (κ1) is 18.2. The van der Waals surface area contributed by atoms with Crippen molar-refractivity contribution in [3.63, 3.8) is 0 Å². The summed E-state index contributed by atoms with van der Waals surface area (Å²) in [5.74, 6) is 0.580. The average Bonchev–Trinajstić information content (AvgIpc) is 2.47. The maximum atomic E-state index is 4.29. The van der Waals surface area contributed by atoms with Crippen molar-refractivity contribution in [1.82, 2.24) is 19.9 Å². The van der Waals surface area contributed by atoms with Crippen molar-refractivity contribution in [3.8, 4) is 0 Å². The van der Waals surface area contributed by atoms with Crippen molar-refractivity contribution in [3.05, 3.63) is 47.6 Å². The van der Waals surface area contributed by atoms with E-state index in [0.29, 0.717) is 5.92 Å². The van der Waals surface area contributed by atoms with Crippen LogP contribution in [0.25, 0.3) is 0 Å². The molecule has 22 heavy (non-hydrogen) atoms. The smallest absolute Gasteiger partial charge is 0.115 e. The topological polar surface area (TPSA) is 51.6 Å². The molecule has 2 rings (SSSR count). The first-order valence-corrected chi connectivity index (χ1v) is 7.82. The Morgan fingerprint density at radius 1 is 1.00 bits per heavy atom. The van der Waals surface area contributed by atoms with Crippen LogP contribution in [0.4, 0.5) is 0 Å². The summed E-state index contributed by atoms with van der Waals surface area (Å²) < 4.78 is 0. The van der Waals surface area contributed by atoms with Crippen molar-refractivity contribution < 1.29 is 0 Å². The van der Waals surface area contributed by atoms with Crippen molar-refractivity contribution in [2.24, 2.45) is 0 Å². The molecule has 0 aliphatic rings. The van der Waals surface area contributed by atoms with Gasteiger partial charge in [0.05, 0.1) is 11.4 Å². The Kier molecular flexibility index (Phi) is 6.60. The Hall–Kier alpha value is -1.84. The van der Waals surface area contributed by atoms with E-state index in [1.54, 1.807) is 18.7 Å². The molecule has 2 aromatic rings. The van der Waals surface area contributed by atoms with Gasteiger partial charge in [0.2, 0.25) is 0 Å². The van der Waals surface area contributed by atoms with Gasteiger partial charge in [-0.1, -0.05) is 34.6 Å². The Morgan fingerprint density at radius 2 is 1.64 bits per heavy atom. The van der Waals surface area contributed by atoms with E-state index < -0.39 is 0 Å². The highest BCUT2D eigenvalue weighted by atomic mass is 14.8. The molecule has 0 saturated carbocycles. The van der Waals surface area contributed by atoms with Gasteiger partial charge in [-0.05, 0) is 31.7 Å². The normalized spacial score (nSPS) is 12.3. The summed E-state index contributed by atoms with van der Waals surface area (Å²) in [4.78, 5) is 16.6. The maximum Gasteiger partial charge on any atom is 0.115 e. The third-order valence-electron chi connectivity index (χ3n) is 3.68. The lowest BCUT2D eigenvalue weighted by Gasteiger charge is -2.18. The third-order valence-corrected chi connectivity index (χ3v) is 3.68. The van der Waals surface area contributed by atoms with Gasteiger partial charge in [-0.25, -0.2) is 9.97 Å². The molecule has 0 aromatic carbocycles. The van der Waals surface area contributed by atoms with E-state index in [1.807, 2.05) is 20.0 Å². The minimum Gasteiger partial charge on any atom is -0.258 e. The molecule has 120 valence electrons. The van der Waals surface area contributed by atoms with E-state index in [-0.39, 0.29) is 5.41 Å². The van der Waals surface area contributed by atoms with Crippen molar-refractivity contribution >= 4 is 0 Å². The molecule has 4 nitrogen and oxygen atoms in total. The number of nitrogens with zero attached hydrogens (tertiary/aromatic N) is 4. The first-order valence-electron chi connectivity index (χ1n) is 7.82. The Bertz CT molecular complexity index is 588. The van der Waals surface area contributed by atoms with Crippen LogP contribution in [0.15, 0.2) is 24.9 Å². The van der Waals surface area contributed by atoms with Gasteiger partial charge in [0, 0.05) is 29.7 Å². The molecule has 0 aliphatic carbocycles. The fourth-order valence-corrected chi connectivity index (χ4v) is 2.25. The van der Waals surface area contributed by atoms with Gasteiger partial charge in [-0.15, -0.1) is 0 Å². The molecule has 0 spiro atoms. The third kappa shape index (κ3) is 5.17. The van der Waals surface area contributed by atoms with Crippen LogP contribution >= 0.6 is 0 Å². The highest BCUT2D eigenvalue weighted by molar-refractivity contribution is 5.18. The standard InChI is InChI=1S/2C9H14N2/c1-7-8(9(2,3)4)11-6-5-10-7;1-4-7(2)9-5-10-6-11-8(9)3/h5-6H,1-4H3;5-7H,4H2,1-3H3. The lowest BCUT2D eigenvalue weighted by molar-refractivity contribution is 0.559. The minimum atomic E-state index is 0.109. The second-order valence-corrected chi connectivity index (χ2v) is 6.61. The van der Waals surface area contributed by atoms with Crippen LogP contribution in [-0.2, 0) is 5.41 Å². The largest absolute Gasteiger partial charge is 0.258 e. The van der Waals surface area contributed by atoms with E-state index in [9.17, 15) is 0 Å². The van der Waals surface area contributed by atoms with Crippen LogP contribution in [0.5, 0.6) is 0 Å². The molecule has 0 saturated heterocycles. The lowest BCUT2D eigenvalue weighted by atomic mass is 9.91. The summed E-state index contributed by atoms with van der Waals surface area (Å²) in [5, 5.41) is 0. The van der Waals surface area contributed by atoms with Gasteiger partial charge in [-0.2, -0.15) is 0 Å². The molecule has 0 radical (unpaired) electrons. The molecule has 1 atom stereocenters. The van der Waals surface area contributed by atoms with Gasteiger partial charge < -0.3 is 0 Å². The summed E-state index contributed by atoms with van der Waals surface area (Å²) in [5.41, 5.74) is 4.60. The van der Waals surface area contributed by atoms with E-state index in [2.05, 4.69) is 54.6 Å². The van der Waals surface area contributed by atoms with Gasteiger partial charge in [0.1, 0.15) is 6.33 Å². The fourth-order valence-electron chi connectivity index (χ4n) is 2.25. The SMILES string of the molecule is CCC(C)c1cncnc1C.Cc1nccnc1C(C)(C)C. The zero-order valence-electron chi connectivity index (χ0n) is 14.9. The van der Waals surface area contributed by atoms with Gasteiger partial charge in [0.25, 0.3) is 0 Å². The van der Waals surface area contributed by atoms with Crippen molar-refractivity contribution in [2.75, 3.05) is 0 Å². The van der Waals surface area contributed by atoms with Crippen LogP contribution < -0.4 is 0 Å². The number of hydrogen-bond acceptors (Lipinski definition) is 4. The highest BCUT2D eigenvalue weighted by Crippen LogP contribution is 2.21. The zero-order valence-corrected chi connectivity index (χ0v) is 14.9. The van der Waals surface area contributed by atoms with E-state index in [0.717, 1.165) is 23.5 Å². The molecule has 0 amide bonds. The quantitative estimate of drug-likeness (QED) is 0.826. The molecule has 2 heterocycles. The van der Waals surface area contributed by atoms with Crippen LogP contribution in [-0.4, -0.2) is 19.9 Å². The van der Waals surface area contributed by atoms with Crippen LogP contribution in [0.3, 0.4) is 0 Å². The van der Waals surface area contributed by atoms with E-state index >= 15 is 0 Å². The summed E-state index contributed by atoms with van der Waals surface area (Å²) in [6, 6.07) is 0. The summed E-state index contributed by atoms with van der Waals surface area (Å²) in [6.45, 7) is 14.8. The van der Waals surface area contributed by atoms with E-state index in [1.165, 1.54) is 5.56 Å². The molecule has 2 aromatic heterocycles. The Balaban J connectivity index is 0.000000220. The molecule has 0 aliphatic heterocycles. The average molecular weight is 300 g/mol. The minimum absolute atomic E-state index is 0.109. The number of aromatic nitrogens is 4. The molecule has 0 N–H and O–H groups in total. The summed E-state index contributed by atoms with van der Waals surface area (Å²) in [7, 11) is 0. The number of hydrogen-bond donors (Lipinski definition) is 0. The van der Waals surface area contributed by atoms with Crippen LogP contribution in [0, 0.1) is 13.8 Å².